The lowest BCUT2D eigenvalue weighted by molar-refractivity contribution is 0.588. The van der Waals surface area contributed by atoms with Crippen LogP contribution in [-0.4, -0.2) is 45.8 Å². The van der Waals surface area contributed by atoms with Gasteiger partial charge in [-0.15, -0.1) is 5.10 Å². The van der Waals surface area contributed by atoms with E-state index in [-0.39, 0.29) is 5.82 Å². The number of nitrogens with zero attached hydrogens (tertiary/aromatic N) is 6. The smallest absolute Gasteiger partial charge is 0.254 e. The second kappa shape index (κ2) is 8.14. The number of anilines is 2. The van der Waals surface area contributed by atoms with Crippen LogP contribution in [0.2, 0.25) is 0 Å². The lowest BCUT2D eigenvalue weighted by atomic mass is 9.96. The molecular weight excluding hydrogens is 415 g/mol. The van der Waals surface area contributed by atoms with Crippen molar-refractivity contribution < 1.29 is 4.39 Å². The maximum Gasteiger partial charge on any atom is 0.254 e. The van der Waals surface area contributed by atoms with Crippen LogP contribution in [0.3, 0.4) is 0 Å². The van der Waals surface area contributed by atoms with Crippen molar-refractivity contribution in [3.8, 4) is 11.4 Å². The molecule has 33 heavy (non-hydrogen) atoms. The van der Waals surface area contributed by atoms with Gasteiger partial charge in [0.1, 0.15) is 11.6 Å². The SMILES string of the molecule is Cc1ccc(-c2nc3nc4c(c(N5CCN(c6ccccc6F)CC5)n3n2)CCCC4)cc1. The van der Waals surface area contributed by atoms with E-state index in [1.807, 2.05) is 16.6 Å². The van der Waals surface area contributed by atoms with Crippen LogP contribution in [-0.2, 0) is 12.8 Å². The van der Waals surface area contributed by atoms with E-state index in [1.165, 1.54) is 23.6 Å². The number of aryl methyl sites for hydroxylation is 2. The molecule has 1 fully saturated rings. The number of hydrogen-bond donors (Lipinski definition) is 0. The van der Waals surface area contributed by atoms with Crippen molar-refractivity contribution in [2.75, 3.05) is 36.0 Å². The number of benzene rings is 2. The lowest BCUT2D eigenvalue weighted by Crippen LogP contribution is -2.48. The van der Waals surface area contributed by atoms with Crippen LogP contribution in [0.5, 0.6) is 0 Å². The normalized spacial score (nSPS) is 16.3. The van der Waals surface area contributed by atoms with Crippen LogP contribution >= 0.6 is 0 Å². The van der Waals surface area contributed by atoms with Crippen molar-refractivity contribution in [1.29, 1.82) is 0 Å². The summed E-state index contributed by atoms with van der Waals surface area (Å²) in [6, 6.07) is 15.3. The molecular formula is C26H27FN6. The summed E-state index contributed by atoms with van der Waals surface area (Å²) in [7, 11) is 0. The van der Waals surface area contributed by atoms with Gasteiger partial charge < -0.3 is 9.80 Å². The molecule has 6 nitrogen and oxygen atoms in total. The quantitative estimate of drug-likeness (QED) is 0.469. The minimum absolute atomic E-state index is 0.159. The number of para-hydroxylation sites is 1. The number of fused-ring (bicyclic) bond motifs is 2. The molecule has 4 aromatic rings. The summed E-state index contributed by atoms with van der Waals surface area (Å²) in [6.07, 6.45) is 4.33. The van der Waals surface area contributed by atoms with Gasteiger partial charge in [0.05, 0.1) is 11.4 Å². The van der Waals surface area contributed by atoms with Crippen molar-refractivity contribution in [3.63, 3.8) is 0 Å². The molecule has 0 bridgehead atoms. The fraction of sp³-hybridized carbons (Fsp3) is 0.346. The number of rotatable bonds is 3. The maximum atomic E-state index is 14.3. The molecule has 0 amide bonds. The van der Waals surface area contributed by atoms with E-state index in [4.69, 9.17) is 15.1 Å². The second-order valence-electron chi connectivity index (χ2n) is 9.01. The summed E-state index contributed by atoms with van der Waals surface area (Å²) < 4.78 is 16.3. The number of hydrogen-bond acceptors (Lipinski definition) is 5. The van der Waals surface area contributed by atoms with Gasteiger partial charge in [0.15, 0.2) is 5.82 Å². The van der Waals surface area contributed by atoms with E-state index >= 15 is 0 Å². The van der Waals surface area contributed by atoms with Gasteiger partial charge in [-0.05, 0) is 44.7 Å². The fourth-order valence-electron chi connectivity index (χ4n) is 5.04. The number of aromatic nitrogens is 4. The summed E-state index contributed by atoms with van der Waals surface area (Å²) >= 11 is 0. The molecule has 2 aromatic carbocycles. The summed E-state index contributed by atoms with van der Waals surface area (Å²) in [4.78, 5) is 14.2. The fourth-order valence-corrected chi connectivity index (χ4v) is 5.04. The summed E-state index contributed by atoms with van der Waals surface area (Å²) in [5.41, 5.74) is 5.35. The van der Waals surface area contributed by atoms with E-state index in [0.29, 0.717) is 17.3 Å². The van der Waals surface area contributed by atoms with E-state index in [2.05, 4.69) is 41.0 Å². The first-order valence-corrected chi connectivity index (χ1v) is 11.8. The Morgan fingerprint density at radius 3 is 2.33 bits per heavy atom. The van der Waals surface area contributed by atoms with Gasteiger partial charge in [-0.1, -0.05) is 42.0 Å². The molecule has 0 unspecified atom stereocenters. The van der Waals surface area contributed by atoms with Gasteiger partial charge in [0.25, 0.3) is 5.78 Å². The third kappa shape index (κ3) is 3.61. The van der Waals surface area contributed by atoms with Crippen molar-refractivity contribution in [3.05, 3.63) is 71.2 Å². The summed E-state index contributed by atoms with van der Waals surface area (Å²) in [6.45, 7) is 5.22. The van der Waals surface area contributed by atoms with Crippen LogP contribution in [0.15, 0.2) is 48.5 Å². The molecule has 0 spiro atoms. The average Bonchev–Trinajstić information content (AvgIpc) is 3.27. The van der Waals surface area contributed by atoms with E-state index < -0.39 is 0 Å². The zero-order valence-corrected chi connectivity index (χ0v) is 18.8. The molecule has 0 atom stereocenters. The Morgan fingerprint density at radius 2 is 1.55 bits per heavy atom. The van der Waals surface area contributed by atoms with Gasteiger partial charge >= 0.3 is 0 Å². The van der Waals surface area contributed by atoms with Gasteiger partial charge in [0, 0.05) is 37.3 Å². The highest BCUT2D eigenvalue weighted by molar-refractivity contribution is 5.62. The van der Waals surface area contributed by atoms with Crippen molar-refractivity contribution >= 4 is 17.3 Å². The molecule has 1 saturated heterocycles. The number of piperazine rings is 1. The molecule has 1 aliphatic carbocycles. The first-order chi connectivity index (χ1) is 16.2. The predicted octanol–water partition coefficient (Wildman–Crippen LogP) is 4.44. The zero-order chi connectivity index (χ0) is 22.4. The Hall–Kier alpha value is -3.48. The Balaban J connectivity index is 1.38. The summed E-state index contributed by atoms with van der Waals surface area (Å²) in [5, 5.41) is 4.91. The highest BCUT2D eigenvalue weighted by atomic mass is 19.1. The van der Waals surface area contributed by atoms with Crippen LogP contribution < -0.4 is 9.80 Å². The zero-order valence-electron chi connectivity index (χ0n) is 18.8. The van der Waals surface area contributed by atoms with Crippen LogP contribution in [0.4, 0.5) is 15.9 Å². The Kier molecular flexibility index (Phi) is 4.97. The largest absolute Gasteiger partial charge is 0.366 e. The molecule has 0 N–H and O–H groups in total. The van der Waals surface area contributed by atoms with Crippen LogP contribution in [0, 0.1) is 12.7 Å². The minimum Gasteiger partial charge on any atom is -0.366 e. The second-order valence-corrected chi connectivity index (χ2v) is 9.01. The highest BCUT2D eigenvalue weighted by Crippen LogP contribution is 2.32. The standard InChI is InChI=1S/C26H27FN6/c1-18-10-12-19(13-11-18)24-29-26-28-22-8-4-2-6-20(22)25(33(26)30-24)32-16-14-31(15-17-32)23-9-5-3-7-21(23)27/h3,5,7,9-13H,2,4,6,8,14-17H2,1H3. The van der Waals surface area contributed by atoms with Crippen molar-refractivity contribution in [2.45, 2.75) is 32.6 Å². The topological polar surface area (TPSA) is 49.6 Å². The first kappa shape index (κ1) is 20.1. The molecule has 2 aromatic heterocycles. The average molecular weight is 443 g/mol. The first-order valence-electron chi connectivity index (χ1n) is 11.8. The molecule has 0 saturated carbocycles. The molecule has 0 radical (unpaired) electrons. The maximum absolute atomic E-state index is 14.3. The summed E-state index contributed by atoms with van der Waals surface area (Å²) in [5.74, 6) is 2.33. The third-order valence-electron chi connectivity index (χ3n) is 6.82. The van der Waals surface area contributed by atoms with Crippen LogP contribution in [0.25, 0.3) is 17.2 Å². The molecule has 2 aliphatic rings. The van der Waals surface area contributed by atoms with Gasteiger partial charge in [-0.3, -0.25) is 0 Å². The molecule has 1 aliphatic heterocycles. The van der Waals surface area contributed by atoms with Gasteiger partial charge in [-0.25, -0.2) is 9.37 Å². The van der Waals surface area contributed by atoms with Gasteiger partial charge in [0.2, 0.25) is 0 Å². The third-order valence-corrected chi connectivity index (χ3v) is 6.82. The Bertz CT molecular complexity index is 1300. The molecule has 3 heterocycles. The Morgan fingerprint density at radius 1 is 0.818 bits per heavy atom. The minimum atomic E-state index is -0.159. The van der Waals surface area contributed by atoms with Crippen LogP contribution in [0.1, 0.15) is 29.7 Å². The molecule has 6 rings (SSSR count). The molecule has 168 valence electrons. The van der Waals surface area contributed by atoms with E-state index in [0.717, 1.165) is 62.5 Å². The highest BCUT2D eigenvalue weighted by Gasteiger charge is 2.27. The lowest BCUT2D eigenvalue weighted by Gasteiger charge is -2.38. The van der Waals surface area contributed by atoms with Crippen molar-refractivity contribution in [2.24, 2.45) is 0 Å². The Labute approximate surface area is 192 Å². The van der Waals surface area contributed by atoms with Crippen molar-refractivity contribution in [1.82, 2.24) is 19.6 Å². The van der Waals surface area contributed by atoms with E-state index in [9.17, 15) is 4.39 Å². The predicted molar refractivity (Wildman–Crippen MR) is 128 cm³/mol. The van der Waals surface area contributed by atoms with E-state index in [1.54, 1.807) is 6.07 Å². The number of halogens is 1. The monoisotopic (exact) mass is 442 g/mol. The molecule has 7 heteroatoms. The van der Waals surface area contributed by atoms with Gasteiger partial charge in [-0.2, -0.15) is 9.50 Å².